The Morgan fingerprint density at radius 1 is 1.00 bits per heavy atom. The maximum atomic E-state index is 6.24. The molecule has 0 saturated carbocycles. The molecule has 5 rings (SSSR count). The van der Waals surface area contributed by atoms with Gasteiger partial charge in [0.15, 0.2) is 5.58 Å². The van der Waals surface area contributed by atoms with Gasteiger partial charge >= 0.3 is 0 Å². The zero-order valence-corrected chi connectivity index (χ0v) is 17.3. The van der Waals surface area contributed by atoms with Crippen molar-refractivity contribution in [2.24, 2.45) is 5.73 Å². The predicted molar refractivity (Wildman–Crippen MR) is 120 cm³/mol. The molecule has 5 nitrogen and oxygen atoms in total. The molecule has 154 valence electrons. The van der Waals surface area contributed by atoms with Gasteiger partial charge in [0.1, 0.15) is 5.58 Å². The van der Waals surface area contributed by atoms with E-state index in [-0.39, 0.29) is 0 Å². The minimum atomic E-state index is 0.314. The molecule has 0 unspecified atom stereocenters. The summed E-state index contributed by atoms with van der Waals surface area (Å²) in [5.74, 6) is 0. The first-order valence-corrected chi connectivity index (χ1v) is 11.0. The number of fused-ring (bicyclic) bond motifs is 4. The summed E-state index contributed by atoms with van der Waals surface area (Å²) in [6.45, 7) is 2.46. The smallest absolute Gasteiger partial charge is 0.158 e. The number of furan rings is 1. The summed E-state index contributed by atoms with van der Waals surface area (Å²) in [5, 5.41) is 2.29. The number of hydrogen-bond donors (Lipinski definition) is 1. The number of nitrogens with two attached hydrogens (primary N) is 1. The molecule has 3 aromatic heterocycles. The molecule has 0 fully saturated rings. The number of nitrogens with zero attached hydrogens (tertiary/aromatic N) is 3. The summed E-state index contributed by atoms with van der Waals surface area (Å²) < 4.78 is 6.24. The summed E-state index contributed by atoms with van der Waals surface area (Å²) in [5.41, 5.74) is 11.2. The van der Waals surface area contributed by atoms with E-state index in [0.29, 0.717) is 6.04 Å². The summed E-state index contributed by atoms with van der Waals surface area (Å²) >= 11 is 0. The van der Waals surface area contributed by atoms with Crippen LogP contribution in [0.15, 0.2) is 59.3 Å². The van der Waals surface area contributed by atoms with E-state index in [4.69, 9.17) is 20.1 Å². The van der Waals surface area contributed by atoms with Gasteiger partial charge in [0.25, 0.3) is 0 Å². The molecule has 1 atom stereocenters. The van der Waals surface area contributed by atoms with Crippen LogP contribution in [0.25, 0.3) is 21.9 Å². The Morgan fingerprint density at radius 2 is 1.93 bits per heavy atom. The van der Waals surface area contributed by atoms with Crippen molar-refractivity contribution in [2.75, 3.05) is 13.1 Å². The van der Waals surface area contributed by atoms with Crippen molar-refractivity contribution in [1.29, 1.82) is 0 Å². The molecule has 1 aliphatic rings. The third-order valence-electron chi connectivity index (χ3n) is 6.23. The molecule has 2 N–H and O–H groups in total. The molecule has 4 aromatic rings. The first-order chi connectivity index (χ1) is 14.8. The number of aromatic nitrogens is 2. The molecule has 3 heterocycles. The molecule has 0 bridgehead atoms. The Balaban J connectivity index is 1.52. The maximum absolute atomic E-state index is 6.24. The van der Waals surface area contributed by atoms with Crippen molar-refractivity contribution in [3.05, 3.63) is 71.8 Å². The number of para-hydroxylation sites is 1. The van der Waals surface area contributed by atoms with Crippen molar-refractivity contribution in [3.8, 4) is 0 Å². The van der Waals surface area contributed by atoms with E-state index in [1.54, 1.807) is 0 Å². The second-order valence-corrected chi connectivity index (χ2v) is 8.15. The van der Waals surface area contributed by atoms with Crippen LogP contribution in [0.1, 0.15) is 48.7 Å². The number of rotatable bonds is 7. The highest BCUT2D eigenvalue weighted by Gasteiger charge is 2.28. The zero-order valence-electron chi connectivity index (χ0n) is 17.3. The second-order valence-electron chi connectivity index (χ2n) is 8.15. The lowest BCUT2D eigenvalue weighted by Crippen LogP contribution is -2.33. The number of unbranched alkanes of at least 4 members (excludes halogenated alkanes) is 1. The van der Waals surface area contributed by atoms with Gasteiger partial charge in [-0.25, -0.2) is 0 Å². The lowest BCUT2D eigenvalue weighted by atomic mass is 9.90. The van der Waals surface area contributed by atoms with Crippen LogP contribution >= 0.6 is 0 Å². The zero-order chi connectivity index (χ0) is 20.3. The third kappa shape index (κ3) is 3.59. The van der Waals surface area contributed by atoms with E-state index in [1.807, 2.05) is 24.5 Å². The van der Waals surface area contributed by atoms with E-state index in [0.717, 1.165) is 72.9 Å². The summed E-state index contributed by atoms with van der Waals surface area (Å²) in [6.07, 6.45) is 9.37. The Labute approximate surface area is 176 Å². The highest BCUT2D eigenvalue weighted by Crippen LogP contribution is 2.35. The van der Waals surface area contributed by atoms with Crippen molar-refractivity contribution in [1.82, 2.24) is 14.9 Å². The Hall–Kier alpha value is -2.76. The fourth-order valence-electron chi connectivity index (χ4n) is 4.76. The highest BCUT2D eigenvalue weighted by atomic mass is 16.3. The molecule has 0 radical (unpaired) electrons. The van der Waals surface area contributed by atoms with E-state index >= 15 is 0 Å². The molecule has 5 heteroatoms. The van der Waals surface area contributed by atoms with E-state index < -0.39 is 0 Å². The Bertz CT molecular complexity index is 1150. The van der Waals surface area contributed by atoms with Gasteiger partial charge in [0.05, 0.1) is 17.4 Å². The molecule has 0 aliphatic heterocycles. The number of aryl methyl sites for hydroxylation is 1. The molecule has 0 spiro atoms. The minimum absolute atomic E-state index is 0.314. The highest BCUT2D eigenvalue weighted by molar-refractivity contribution is 6.05. The maximum Gasteiger partial charge on any atom is 0.158 e. The van der Waals surface area contributed by atoms with Crippen molar-refractivity contribution < 1.29 is 4.42 Å². The number of benzene rings is 1. The fraction of sp³-hybridized carbons (Fsp3) is 0.360. The first kappa shape index (κ1) is 19.2. The summed E-state index contributed by atoms with van der Waals surface area (Å²) in [7, 11) is 0. The van der Waals surface area contributed by atoms with Crippen molar-refractivity contribution in [3.63, 3.8) is 0 Å². The van der Waals surface area contributed by atoms with E-state index in [2.05, 4.69) is 35.2 Å². The second kappa shape index (κ2) is 8.54. The van der Waals surface area contributed by atoms with Crippen LogP contribution in [0.2, 0.25) is 0 Å². The molecule has 30 heavy (non-hydrogen) atoms. The van der Waals surface area contributed by atoms with Crippen molar-refractivity contribution >= 4 is 21.9 Å². The number of pyridine rings is 2. The number of hydrogen-bond acceptors (Lipinski definition) is 5. The van der Waals surface area contributed by atoms with E-state index in [9.17, 15) is 0 Å². The van der Waals surface area contributed by atoms with Gasteiger partial charge in [-0.3, -0.25) is 14.9 Å². The van der Waals surface area contributed by atoms with Gasteiger partial charge in [0, 0.05) is 29.7 Å². The molecule has 1 aromatic carbocycles. The lowest BCUT2D eigenvalue weighted by molar-refractivity contribution is 0.161. The van der Waals surface area contributed by atoms with E-state index in [1.165, 1.54) is 17.7 Å². The standard InChI is InChI=1S/C25H28N4O/c26-13-3-4-16-29(22-10-5-7-18-8-6-14-28-24(18)22)17-21-25-20(12-15-27-21)19-9-1-2-11-23(19)30-25/h1-2,6,8-9,11-12,14-15,22H,3-5,7,10,13,16-17,26H2/t22-/m0/s1. The molecule has 0 saturated heterocycles. The minimum Gasteiger partial charge on any atom is -0.454 e. The first-order valence-electron chi connectivity index (χ1n) is 11.0. The van der Waals surface area contributed by atoms with Gasteiger partial charge in [-0.1, -0.05) is 24.3 Å². The van der Waals surface area contributed by atoms with Gasteiger partial charge in [0.2, 0.25) is 0 Å². The monoisotopic (exact) mass is 400 g/mol. The Morgan fingerprint density at radius 3 is 2.87 bits per heavy atom. The molecular weight excluding hydrogens is 372 g/mol. The SMILES string of the molecule is NCCCCN(Cc1nccc2c1oc1ccccc12)[C@H]1CCCc2cccnc21. The van der Waals surface area contributed by atoms with Gasteiger partial charge in [-0.05, 0) is 69.0 Å². The lowest BCUT2D eigenvalue weighted by Gasteiger charge is -2.35. The van der Waals surface area contributed by atoms with Crippen LogP contribution < -0.4 is 5.73 Å². The average Bonchev–Trinajstić information content (AvgIpc) is 3.18. The van der Waals surface area contributed by atoms with Crippen LogP contribution in [0.5, 0.6) is 0 Å². The molecule has 0 amide bonds. The predicted octanol–water partition coefficient (Wildman–Crippen LogP) is 4.99. The Kier molecular flexibility index (Phi) is 5.47. The largest absolute Gasteiger partial charge is 0.454 e. The molecule has 1 aliphatic carbocycles. The molecular formula is C25H28N4O. The van der Waals surface area contributed by atoms with Crippen LogP contribution in [0.4, 0.5) is 0 Å². The fourth-order valence-corrected chi connectivity index (χ4v) is 4.76. The normalized spacial score (nSPS) is 16.4. The van der Waals surface area contributed by atoms with Gasteiger partial charge in [-0.2, -0.15) is 0 Å². The van der Waals surface area contributed by atoms with Gasteiger partial charge < -0.3 is 10.2 Å². The van der Waals surface area contributed by atoms with Gasteiger partial charge in [-0.15, -0.1) is 0 Å². The van der Waals surface area contributed by atoms with Crippen LogP contribution in [-0.4, -0.2) is 28.0 Å². The van der Waals surface area contributed by atoms with Crippen LogP contribution in [-0.2, 0) is 13.0 Å². The topological polar surface area (TPSA) is 68.2 Å². The van der Waals surface area contributed by atoms with Crippen LogP contribution in [0, 0.1) is 0 Å². The summed E-state index contributed by atoms with van der Waals surface area (Å²) in [6, 6.07) is 14.9. The van der Waals surface area contributed by atoms with Crippen LogP contribution in [0.3, 0.4) is 0 Å². The average molecular weight is 401 g/mol. The third-order valence-corrected chi connectivity index (χ3v) is 6.23. The summed E-state index contributed by atoms with van der Waals surface area (Å²) in [4.78, 5) is 12.1. The van der Waals surface area contributed by atoms with Crippen molar-refractivity contribution in [2.45, 2.75) is 44.7 Å². The quantitative estimate of drug-likeness (QED) is 0.442.